The topological polar surface area (TPSA) is 0 Å². The van der Waals surface area contributed by atoms with Gasteiger partial charge in [-0.15, -0.1) is 0 Å². The van der Waals surface area contributed by atoms with Crippen molar-refractivity contribution in [3.8, 4) is 11.8 Å². The van der Waals surface area contributed by atoms with E-state index in [1.807, 2.05) is 36.8 Å². The molecule has 0 amide bonds. The molecule has 0 bridgehead atoms. The smallest absolute Gasteiger partial charge is 0.123 e. The summed E-state index contributed by atoms with van der Waals surface area (Å²) >= 11 is 0. The lowest BCUT2D eigenvalue weighted by atomic mass is 10.1. The zero-order valence-electron chi connectivity index (χ0n) is 8.65. The molecule has 0 unspecified atom stereocenters. The predicted molar refractivity (Wildman–Crippen MR) is 63.1 cm³/mol. The molecular formula is C15H10F. The van der Waals surface area contributed by atoms with E-state index in [1.54, 1.807) is 12.1 Å². The van der Waals surface area contributed by atoms with Gasteiger partial charge in [0.15, 0.2) is 0 Å². The van der Waals surface area contributed by atoms with E-state index in [4.69, 9.17) is 0 Å². The maximum Gasteiger partial charge on any atom is 0.123 e. The summed E-state index contributed by atoms with van der Waals surface area (Å²) in [7, 11) is 0. The molecule has 16 heavy (non-hydrogen) atoms. The standard InChI is InChI=1S/C15H10F/c16-15-11-9-14(10-12-15)8-4-7-13-5-2-1-3-6-13/h1-3,5-7,9-12H. The molecule has 0 saturated carbocycles. The van der Waals surface area contributed by atoms with E-state index in [9.17, 15) is 4.39 Å². The van der Waals surface area contributed by atoms with Crippen LogP contribution in [0.2, 0.25) is 0 Å². The van der Waals surface area contributed by atoms with Gasteiger partial charge >= 0.3 is 0 Å². The fourth-order valence-electron chi connectivity index (χ4n) is 1.29. The van der Waals surface area contributed by atoms with Crippen molar-refractivity contribution in [3.63, 3.8) is 0 Å². The maximum absolute atomic E-state index is 12.6. The summed E-state index contributed by atoms with van der Waals surface area (Å²) < 4.78 is 12.6. The van der Waals surface area contributed by atoms with Crippen LogP contribution in [-0.4, -0.2) is 0 Å². The van der Waals surface area contributed by atoms with Crippen LogP contribution >= 0.6 is 0 Å². The lowest BCUT2D eigenvalue weighted by molar-refractivity contribution is 0.627. The molecule has 0 heterocycles. The minimum absolute atomic E-state index is 0.238. The van der Waals surface area contributed by atoms with Gasteiger partial charge in [0.25, 0.3) is 0 Å². The Bertz CT molecular complexity index is 501. The predicted octanol–water partition coefficient (Wildman–Crippen LogP) is 3.43. The van der Waals surface area contributed by atoms with Crippen LogP contribution < -0.4 is 0 Å². The molecule has 2 aromatic carbocycles. The number of benzene rings is 2. The van der Waals surface area contributed by atoms with Gasteiger partial charge in [-0.2, -0.15) is 0 Å². The van der Waals surface area contributed by atoms with Gasteiger partial charge in [0.2, 0.25) is 0 Å². The van der Waals surface area contributed by atoms with Gasteiger partial charge in [0.1, 0.15) is 5.82 Å². The molecule has 0 spiro atoms. The molecule has 0 saturated heterocycles. The van der Waals surface area contributed by atoms with Crippen molar-refractivity contribution < 1.29 is 4.39 Å². The molecule has 2 aromatic rings. The third-order valence-corrected chi connectivity index (χ3v) is 2.10. The number of halogens is 1. The third-order valence-electron chi connectivity index (χ3n) is 2.10. The van der Waals surface area contributed by atoms with Gasteiger partial charge in [0, 0.05) is 5.56 Å². The Morgan fingerprint density at radius 2 is 1.56 bits per heavy atom. The molecular weight excluding hydrogens is 199 g/mol. The first-order valence-corrected chi connectivity index (χ1v) is 5.00. The summed E-state index contributed by atoms with van der Waals surface area (Å²) in [4.78, 5) is 0. The second kappa shape index (κ2) is 5.14. The molecule has 0 atom stereocenters. The van der Waals surface area contributed by atoms with E-state index >= 15 is 0 Å². The molecule has 0 aliphatic carbocycles. The van der Waals surface area contributed by atoms with Gasteiger partial charge in [0.05, 0.1) is 6.42 Å². The minimum Gasteiger partial charge on any atom is -0.207 e. The van der Waals surface area contributed by atoms with E-state index in [1.165, 1.54) is 12.1 Å². The highest BCUT2D eigenvalue weighted by molar-refractivity contribution is 5.40. The lowest BCUT2D eigenvalue weighted by Gasteiger charge is -1.91. The molecule has 1 heteroatoms. The van der Waals surface area contributed by atoms with Crippen molar-refractivity contribution in [1.82, 2.24) is 0 Å². The largest absolute Gasteiger partial charge is 0.207 e. The van der Waals surface area contributed by atoms with E-state index in [-0.39, 0.29) is 5.82 Å². The Morgan fingerprint density at radius 3 is 2.25 bits per heavy atom. The highest BCUT2D eigenvalue weighted by atomic mass is 19.1. The first-order chi connectivity index (χ1) is 7.84. The second-order valence-electron chi connectivity index (χ2n) is 3.33. The van der Waals surface area contributed by atoms with Gasteiger partial charge < -0.3 is 0 Å². The molecule has 0 aromatic heterocycles. The highest BCUT2D eigenvalue weighted by Crippen LogP contribution is 2.03. The van der Waals surface area contributed by atoms with Crippen LogP contribution in [0.3, 0.4) is 0 Å². The SMILES string of the molecule is Fc1ccc(C#C[CH]c2ccccc2)cc1. The van der Waals surface area contributed by atoms with Gasteiger partial charge in [-0.1, -0.05) is 42.2 Å². The average molecular weight is 209 g/mol. The first kappa shape index (κ1) is 10.4. The summed E-state index contributed by atoms with van der Waals surface area (Å²) in [6.45, 7) is 0. The lowest BCUT2D eigenvalue weighted by Crippen LogP contribution is -1.78. The van der Waals surface area contributed by atoms with Crippen LogP contribution in [-0.2, 0) is 0 Å². The van der Waals surface area contributed by atoms with Crippen LogP contribution in [0.1, 0.15) is 11.1 Å². The Kier molecular flexibility index (Phi) is 3.35. The van der Waals surface area contributed by atoms with E-state index in [0.717, 1.165) is 11.1 Å². The summed E-state index contributed by atoms with van der Waals surface area (Å²) in [5.74, 6) is 5.65. The Balaban J connectivity index is 2.03. The van der Waals surface area contributed by atoms with Crippen LogP contribution in [0.15, 0.2) is 54.6 Å². The molecule has 2 rings (SSSR count). The number of hydrogen-bond acceptors (Lipinski definition) is 0. The minimum atomic E-state index is -0.238. The zero-order valence-corrected chi connectivity index (χ0v) is 8.65. The van der Waals surface area contributed by atoms with Crippen molar-refractivity contribution in [2.75, 3.05) is 0 Å². The summed E-state index contributed by atoms with van der Waals surface area (Å²) in [6, 6.07) is 16.0. The van der Waals surface area contributed by atoms with Crippen molar-refractivity contribution in [2.45, 2.75) is 0 Å². The summed E-state index contributed by atoms with van der Waals surface area (Å²) in [6.07, 6.45) is 1.84. The normalized spacial score (nSPS) is 9.31. The quantitative estimate of drug-likeness (QED) is 0.631. The monoisotopic (exact) mass is 209 g/mol. The molecule has 0 fully saturated rings. The van der Waals surface area contributed by atoms with Crippen LogP contribution in [0.25, 0.3) is 0 Å². The molecule has 0 nitrogen and oxygen atoms in total. The highest BCUT2D eigenvalue weighted by Gasteiger charge is 1.89. The fraction of sp³-hybridized carbons (Fsp3) is 0. The first-order valence-electron chi connectivity index (χ1n) is 5.00. The zero-order chi connectivity index (χ0) is 11.2. The molecule has 1 radical (unpaired) electrons. The van der Waals surface area contributed by atoms with E-state index in [2.05, 4.69) is 11.8 Å². The van der Waals surface area contributed by atoms with Crippen LogP contribution in [0, 0.1) is 24.1 Å². The van der Waals surface area contributed by atoms with Crippen molar-refractivity contribution in [1.29, 1.82) is 0 Å². The second-order valence-corrected chi connectivity index (χ2v) is 3.33. The number of hydrogen-bond donors (Lipinski definition) is 0. The Hall–Kier alpha value is -2.07. The van der Waals surface area contributed by atoms with E-state index in [0.29, 0.717) is 0 Å². The number of rotatable bonds is 1. The average Bonchev–Trinajstić information content (AvgIpc) is 2.33. The molecule has 0 aliphatic rings. The molecule has 0 aliphatic heterocycles. The summed E-state index contributed by atoms with van der Waals surface area (Å²) in [5.41, 5.74) is 1.88. The van der Waals surface area contributed by atoms with Crippen LogP contribution in [0.5, 0.6) is 0 Å². The van der Waals surface area contributed by atoms with Crippen molar-refractivity contribution in [3.05, 3.63) is 78.0 Å². The van der Waals surface area contributed by atoms with Crippen molar-refractivity contribution >= 4 is 0 Å². The van der Waals surface area contributed by atoms with Crippen LogP contribution in [0.4, 0.5) is 4.39 Å². The van der Waals surface area contributed by atoms with E-state index < -0.39 is 0 Å². The Morgan fingerprint density at radius 1 is 0.875 bits per heavy atom. The van der Waals surface area contributed by atoms with Crippen molar-refractivity contribution in [2.24, 2.45) is 0 Å². The summed E-state index contributed by atoms with van der Waals surface area (Å²) in [5, 5.41) is 0. The van der Waals surface area contributed by atoms with Gasteiger partial charge in [-0.3, -0.25) is 0 Å². The third kappa shape index (κ3) is 2.96. The maximum atomic E-state index is 12.6. The van der Waals surface area contributed by atoms with Gasteiger partial charge in [-0.05, 0) is 29.8 Å². The van der Waals surface area contributed by atoms with Gasteiger partial charge in [-0.25, -0.2) is 4.39 Å². The molecule has 77 valence electrons. The fourth-order valence-corrected chi connectivity index (χ4v) is 1.29. The molecule has 0 N–H and O–H groups in total. The Labute approximate surface area is 94.7 Å².